The van der Waals surface area contributed by atoms with Crippen molar-refractivity contribution >= 4 is 29.1 Å². The molecule has 3 aromatic rings. The zero-order valence-corrected chi connectivity index (χ0v) is 13.9. The molecule has 0 atom stereocenters. The van der Waals surface area contributed by atoms with Crippen LogP contribution in [-0.2, 0) is 4.74 Å². The fourth-order valence-electron chi connectivity index (χ4n) is 2.15. The lowest BCUT2D eigenvalue weighted by Crippen LogP contribution is -2.05. The van der Waals surface area contributed by atoms with Crippen molar-refractivity contribution in [1.82, 2.24) is 15.2 Å². The molecule has 0 fully saturated rings. The van der Waals surface area contributed by atoms with Gasteiger partial charge in [-0.3, -0.25) is 0 Å². The van der Waals surface area contributed by atoms with E-state index in [1.54, 1.807) is 49.4 Å². The van der Waals surface area contributed by atoms with Crippen LogP contribution in [0.15, 0.2) is 54.7 Å². The van der Waals surface area contributed by atoms with Crippen molar-refractivity contribution in [1.29, 1.82) is 0 Å². The van der Waals surface area contributed by atoms with E-state index in [1.165, 1.54) is 12.3 Å². The largest absolute Gasteiger partial charge is 0.462 e. The van der Waals surface area contributed by atoms with Crippen LogP contribution in [0.4, 0.5) is 27.5 Å². The Labute approximate surface area is 149 Å². The average Bonchev–Trinajstić information content (AvgIpc) is 2.65. The van der Waals surface area contributed by atoms with Crippen molar-refractivity contribution in [2.45, 2.75) is 6.92 Å². The van der Waals surface area contributed by atoms with Crippen LogP contribution in [0.5, 0.6) is 0 Å². The molecule has 0 saturated heterocycles. The molecule has 0 aliphatic heterocycles. The molecule has 26 heavy (non-hydrogen) atoms. The number of anilines is 4. The molecule has 132 valence electrons. The molecule has 0 aliphatic rings. The SMILES string of the molecule is CCOC(=O)c1ccc(Nc2cnnc(Nc3ccccc3F)n2)cc1. The number of nitrogens with one attached hydrogen (secondary N) is 2. The number of aromatic nitrogens is 3. The zero-order valence-electron chi connectivity index (χ0n) is 13.9. The monoisotopic (exact) mass is 353 g/mol. The van der Waals surface area contributed by atoms with Crippen LogP contribution in [0.1, 0.15) is 17.3 Å². The molecule has 3 rings (SSSR count). The molecule has 0 radical (unpaired) electrons. The highest BCUT2D eigenvalue weighted by Crippen LogP contribution is 2.19. The Morgan fingerprint density at radius 3 is 2.62 bits per heavy atom. The predicted molar refractivity (Wildman–Crippen MR) is 95.2 cm³/mol. The molecule has 0 spiro atoms. The van der Waals surface area contributed by atoms with Gasteiger partial charge in [0.15, 0.2) is 5.82 Å². The fraction of sp³-hybridized carbons (Fsp3) is 0.111. The van der Waals surface area contributed by atoms with Crippen molar-refractivity contribution < 1.29 is 13.9 Å². The van der Waals surface area contributed by atoms with Gasteiger partial charge in [-0.2, -0.15) is 10.1 Å². The predicted octanol–water partition coefficient (Wildman–Crippen LogP) is 3.67. The molecule has 0 unspecified atom stereocenters. The maximum atomic E-state index is 13.7. The standard InChI is InChI=1S/C18H16FN5O2/c1-2-26-17(25)12-7-9-13(10-8-12)21-16-11-20-24-18(23-16)22-15-6-4-3-5-14(15)19/h3-11H,2H2,1H3,(H2,21,22,23,24). The summed E-state index contributed by atoms with van der Waals surface area (Å²) in [5.41, 5.74) is 1.42. The van der Waals surface area contributed by atoms with Crippen LogP contribution in [0, 0.1) is 5.82 Å². The number of rotatable bonds is 6. The maximum Gasteiger partial charge on any atom is 0.338 e. The molecule has 2 aromatic carbocycles. The molecule has 1 aromatic heterocycles. The number of para-hydroxylation sites is 1. The van der Waals surface area contributed by atoms with Crippen molar-refractivity contribution in [3.05, 3.63) is 66.1 Å². The number of ether oxygens (including phenoxy) is 1. The molecule has 8 heteroatoms. The first-order chi connectivity index (χ1) is 12.7. The number of nitrogens with zero attached hydrogens (tertiary/aromatic N) is 3. The quantitative estimate of drug-likeness (QED) is 0.654. The lowest BCUT2D eigenvalue weighted by molar-refractivity contribution is 0.0526. The minimum atomic E-state index is -0.413. The van der Waals surface area contributed by atoms with E-state index in [1.807, 2.05) is 0 Å². The van der Waals surface area contributed by atoms with E-state index < -0.39 is 5.82 Å². The Bertz CT molecular complexity index is 902. The van der Waals surface area contributed by atoms with Gasteiger partial charge in [-0.15, -0.1) is 5.10 Å². The number of hydrogen-bond acceptors (Lipinski definition) is 7. The summed E-state index contributed by atoms with van der Waals surface area (Å²) >= 11 is 0. The summed E-state index contributed by atoms with van der Waals surface area (Å²) in [4.78, 5) is 15.9. The topological polar surface area (TPSA) is 89.0 Å². The molecule has 0 amide bonds. The van der Waals surface area contributed by atoms with E-state index in [0.29, 0.717) is 23.7 Å². The van der Waals surface area contributed by atoms with Crippen LogP contribution in [0.25, 0.3) is 0 Å². The second-order valence-electron chi connectivity index (χ2n) is 5.19. The highest BCUT2D eigenvalue weighted by atomic mass is 19.1. The summed E-state index contributed by atoms with van der Waals surface area (Å²) in [5, 5.41) is 13.5. The number of benzene rings is 2. The van der Waals surface area contributed by atoms with Crippen LogP contribution < -0.4 is 10.6 Å². The van der Waals surface area contributed by atoms with Crippen molar-refractivity contribution in [2.75, 3.05) is 17.2 Å². The van der Waals surface area contributed by atoms with Gasteiger partial charge in [0.2, 0.25) is 5.95 Å². The van der Waals surface area contributed by atoms with Gasteiger partial charge in [0.1, 0.15) is 5.82 Å². The van der Waals surface area contributed by atoms with Gasteiger partial charge in [-0.05, 0) is 43.3 Å². The van der Waals surface area contributed by atoms with Gasteiger partial charge < -0.3 is 15.4 Å². The fourth-order valence-corrected chi connectivity index (χ4v) is 2.15. The van der Waals surface area contributed by atoms with Gasteiger partial charge in [-0.25, -0.2) is 9.18 Å². The Morgan fingerprint density at radius 1 is 1.12 bits per heavy atom. The van der Waals surface area contributed by atoms with Gasteiger partial charge in [0.25, 0.3) is 0 Å². The van der Waals surface area contributed by atoms with E-state index >= 15 is 0 Å². The Morgan fingerprint density at radius 2 is 1.88 bits per heavy atom. The number of esters is 1. The Balaban J connectivity index is 1.71. The molecule has 2 N–H and O–H groups in total. The average molecular weight is 353 g/mol. The lowest BCUT2D eigenvalue weighted by atomic mass is 10.2. The maximum absolute atomic E-state index is 13.7. The van der Waals surface area contributed by atoms with E-state index in [4.69, 9.17) is 4.74 Å². The van der Waals surface area contributed by atoms with Gasteiger partial charge >= 0.3 is 5.97 Å². The van der Waals surface area contributed by atoms with E-state index in [0.717, 1.165) is 0 Å². The smallest absolute Gasteiger partial charge is 0.338 e. The van der Waals surface area contributed by atoms with Crippen molar-refractivity contribution in [3.63, 3.8) is 0 Å². The summed E-state index contributed by atoms with van der Waals surface area (Å²) in [5.74, 6) is -0.214. The first-order valence-electron chi connectivity index (χ1n) is 7.91. The van der Waals surface area contributed by atoms with Gasteiger partial charge in [-0.1, -0.05) is 12.1 Å². The molecule has 1 heterocycles. The third kappa shape index (κ3) is 4.29. The highest BCUT2D eigenvalue weighted by Gasteiger charge is 2.07. The van der Waals surface area contributed by atoms with Crippen LogP contribution in [-0.4, -0.2) is 27.8 Å². The number of halogens is 1. The molecule has 0 saturated carbocycles. The second kappa shape index (κ2) is 8.02. The van der Waals surface area contributed by atoms with E-state index in [2.05, 4.69) is 25.8 Å². The minimum Gasteiger partial charge on any atom is -0.462 e. The van der Waals surface area contributed by atoms with Crippen molar-refractivity contribution in [2.24, 2.45) is 0 Å². The molecule has 0 aliphatic carbocycles. The molecule has 0 bridgehead atoms. The number of carbonyl (C=O) groups is 1. The van der Waals surface area contributed by atoms with Gasteiger partial charge in [0.05, 0.1) is 24.1 Å². The summed E-state index contributed by atoms with van der Waals surface area (Å²) in [6.07, 6.45) is 1.44. The lowest BCUT2D eigenvalue weighted by Gasteiger charge is -2.08. The Hall–Kier alpha value is -3.55. The minimum absolute atomic E-state index is 0.156. The Kier molecular flexibility index (Phi) is 5.33. The normalized spacial score (nSPS) is 10.2. The van der Waals surface area contributed by atoms with Crippen LogP contribution >= 0.6 is 0 Å². The second-order valence-corrected chi connectivity index (χ2v) is 5.19. The third-order valence-corrected chi connectivity index (χ3v) is 3.35. The number of carbonyl (C=O) groups excluding carboxylic acids is 1. The van der Waals surface area contributed by atoms with Crippen LogP contribution in [0.3, 0.4) is 0 Å². The highest BCUT2D eigenvalue weighted by molar-refractivity contribution is 5.89. The third-order valence-electron chi connectivity index (χ3n) is 3.35. The first kappa shape index (κ1) is 17.3. The molecular formula is C18H16FN5O2. The van der Waals surface area contributed by atoms with Gasteiger partial charge in [0, 0.05) is 5.69 Å². The summed E-state index contributed by atoms with van der Waals surface area (Å²) in [6.45, 7) is 2.08. The molecule has 7 nitrogen and oxygen atoms in total. The van der Waals surface area contributed by atoms with Crippen LogP contribution in [0.2, 0.25) is 0 Å². The zero-order chi connectivity index (χ0) is 18.4. The summed E-state index contributed by atoms with van der Waals surface area (Å²) < 4.78 is 18.6. The van der Waals surface area contributed by atoms with Crippen molar-refractivity contribution in [3.8, 4) is 0 Å². The van der Waals surface area contributed by atoms with E-state index in [9.17, 15) is 9.18 Å². The summed E-state index contributed by atoms with van der Waals surface area (Å²) in [6, 6.07) is 12.9. The molecular weight excluding hydrogens is 337 g/mol. The number of hydrogen-bond donors (Lipinski definition) is 2. The van der Waals surface area contributed by atoms with E-state index in [-0.39, 0.29) is 17.6 Å². The first-order valence-corrected chi connectivity index (χ1v) is 7.91. The summed E-state index contributed by atoms with van der Waals surface area (Å²) in [7, 11) is 0.